The van der Waals surface area contributed by atoms with Gasteiger partial charge in [0.2, 0.25) is 0 Å². The lowest BCUT2D eigenvalue weighted by Crippen LogP contribution is -2.44. The molecule has 1 saturated heterocycles. The van der Waals surface area contributed by atoms with Gasteiger partial charge in [0.25, 0.3) is 0 Å². The van der Waals surface area contributed by atoms with E-state index in [0.29, 0.717) is 0 Å². The van der Waals surface area contributed by atoms with Gasteiger partial charge in [-0.15, -0.1) is 0 Å². The van der Waals surface area contributed by atoms with Gasteiger partial charge in [0, 0.05) is 6.54 Å². The Balaban J connectivity index is 2.48. The third kappa shape index (κ3) is 3.89. The first kappa shape index (κ1) is 13.2. The molecule has 0 radical (unpaired) electrons. The number of nitrogens with zero attached hydrogens (tertiary/aromatic N) is 1. The highest BCUT2D eigenvalue weighted by molar-refractivity contribution is 5.98. The van der Waals surface area contributed by atoms with Gasteiger partial charge in [-0.25, -0.2) is 0 Å². The molecule has 0 N–H and O–H groups in total. The summed E-state index contributed by atoms with van der Waals surface area (Å²) in [5.74, 6) is 0. The van der Waals surface area contributed by atoms with E-state index >= 15 is 0 Å². The molecule has 1 rings (SSSR count). The summed E-state index contributed by atoms with van der Waals surface area (Å²) < 4.78 is 5.88. The fourth-order valence-corrected chi connectivity index (χ4v) is 3.24. The van der Waals surface area contributed by atoms with Gasteiger partial charge in [-0.3, -0.25) is 0 Å². The van der Waals surface area contributed by atoms with Crippen molar-refractivity contribution in [3.63, 3.8) is 0 Å². The van der Waals surface area contributed by atoms with E-state index in [1.807, 2.05) is 0 Å². The highest BCUT2D eigenvalue weighted by Crippen LogP contribution is 2.22. The topological polar surface area (TPSA) is 12.5 Å². The van der Waals surface area contributed by atoms with E-state index in [1.54, 1.807) is 0 Å². The van der Waals surface area contributed by atoms with Crippen molar-refractivity contribution >= 4 is 10.5 Å². The van der Waals surface area contributed by atoms with Crippen LogP contribution in [0, 0.1) is 0 Å². The summed E-state index contributed by atoms with van der Waals surface area (Å²) in [7, 11) is 0.868. The van der Waals surface area contributed by atoms with Crippen molar-refractivity contribution in [3.8, 4) is 0 Å². The van der Waals surface area contributed by atoms with E-state index < -0.39 is 0 Å². The van der Waals surface area contributed by atoms with Crippen LogP contribution in [0.3, 0.4) is 0 Å². The molecule has 0 unspecified atom stereocenters. The lowest BCUT2D eigenvalue weighted by Gasteiger charge is -2.36. The highest BCUT2D eigenvalue weighted by atomic mass is 28.2. The fourth-order valence-electron chi connectivity index (χ4n) is 2.53. The molecule has 0 spiro atoms. The van der Waals surface area contributed by atoms with Gasteiger partial charge in [-0.1, -0.05) is 26.7 Å². The molecule has 0 amide bonds. The molecule has 2 nitrogen and oxygen atoms in total. The standard InChI is InChI=1S/C12H27NOSi/c1-3-12(4-2,14-15)11-13-9-7-5-6-8-10-13/h3-11H2,1-2,15H3. The Morgan fingerprint density at radius 2 is 1.60 bits per heavy atom. The Morgan fingerprint density at radius 3 is 2.00 bits per heavy atom. The van der Waals surface area contributed by atoms with Crippen LogP contribution in [0.1, 0.15) is 52.4 Å². The van der Waals surface area contributed by atoms with E-state index in [2.05, 4.69) is 18.7 Å². The van der Waals surface area contributed by atoms with Gasteiger partial charge in [-0.2, -0.15) is 0 Å². The van der Waals surface area contributed by atoms with Crippen molar-refractivity contribution in [2.45, 2.75) is 58.0 Å². The fraction of sp³-hybridized carbons (Fsp3) is 1.00. The monoisotopic (exact) mass is 229 g/mol. The molecule has 15 heavy (non-hydrogen) atoms. The van der Waals surface area contributed by atoms with Crippen LogP contribution in [-0.2, 0) is 4.43 Å². The van der Waals surface area contributed by atoms with E-state index in [9.17, 15) is 0 Å². The first-order chi connectivity index (χ1) is 7.26. The molecule has 3 heteroatoms. The maximum atomic E-state index is 5.88. The predicted molar refractivity (Wildman–Crippen MR) is 69.2 cm³/mol. The zero-order valence-electron chi connectivity index (χ0n) is 10.7. The second-order valence-electron chi connectivity index (χ2n) is 4.78. The molecule has 90 valence electrons. The number of rotatable bonds is 5. The molecule has 0 aromatic rings. The normalized spacial score (nSPS) is 20.4. The van der Waals surface area contributed by atoms with Gasteiger partial charge in [0.05, 0.1) is 5.60 Å². The van der Waals surface area contributed by atoms with Gasteiger partial charge < -0.3 is 9.33 Å². The van der Waals surface area contributed by atoms with E-state index in [1.165, 1.54) is 38.8 Å². The molecule has 1 fully saturated rings. The Kier molecular flexibility index (Phi) is 5.86. The molecule has 1 aliphatic heterocycles. The van der Waals surface area contributed by atoms with Gasteiger partial charge in [0.15, 0.2) is 0 Å². The third-order valence-electron chi connectivity index (χ3n) is 3.93. The Hall–Kier alpha value is 0.137. The van der Waals surface area contributed by atoms with Crippen LogP contribution in [0.15, 0.2) is 0 Å². The summed E-state index contributed by atoms with van der Waals surface area (Å²) in [5, 5.41) is 0. The van der Waals surface area contributed by atoms with Crippen molar-refractivity contribution in [1.82, 2.24) is 4.90 Å². The van der Waals surface area contributed by atoms with Crippen molar-refractivity contribution < 1.29 is 4.43 Å². The average molecular weight is 229 g/mol. The van der Waals surface area contributed by atoms with Crippen LogP contribution in [-0.4, -0.2) is 40.6 Å². The molecule has 0 atom stereocenters. The summed E-state index contributed by atoms with van der Waals surface area (Å²) >= 11 is 0. The molecule has 0 aliphatic carbocycles. The molecule has 0 aromatic carbocycles. The minimum atomic E-state index is 0.163. The first-order valence-electron chi connectivity index (χ1n) is 6.54. The van der Waals surface area contributed by atoms with Crippen LogP contribution in [0.5, 0.6) is 0 Å². The molecule has 0 aromatic heterocycles. The zero-order valence-corrected chi connectivity index (χ0v) is 12.7. The number of hydrogen-bond donors (Lipinski definition) is 0. The van der Waals surface area contributed by atoms with Gasteiger partial charge in [0.1, 0.15) is 10.5 Å². The Bertz CT molecular complexity index is 155. The van der Waals surface area contributed by atoms with Crippen LogP contribution in [0.25, 0.3) is 0 Å². The highest BCUT2D eigenvalue weighted by Gasteiger charge is 2.27. The molecule has 1 aliphatic rings. The third-order valence-corrected chi connectivity index (χ3v) is 4.80. The van der Waals surface area contributed by atoms with Gasteiger partial charge in [-0.05, 0) is 38.8 Å². The smallest absolute Gasteiger partial charge is 0.146 e. The molecular weight excluding hydrogens is 202 g/mol. The molecule has 0 saturated carbocycles. The van der Waals surface area contributed by atoms with Crippen LogP contribution < -0.4 is 0 Å². The summed E-state index contributed by atoms with van der Waals surface area (Å²) in [5.41, 5.74) is 0.163. The summed E-state index contributed by atoms with van der Waals surface area (Å²) in [6, 6.07) is 0. The maximum absolute atomic E-state index is 5.88. The molecule has 0 bridgehead atoms. The summed E-state index contributed by atoms with van der Waals surface area (Å²) in [6.45, 7) is 8.25. The second kappa shape index (κ2) is 6.66. The second-order valence-corrected chi connectivity index (χ2v) is 5.19. The molecular formula is C12H27NOSi. The number of hydrogen-bond acceptors (Lipinski definition) is 2. The lowest BCUT2D eigenvalue weighted by atomic mass is 9.96. The quantitative estimate of drug-likeness (QED) is 0.666. The average Bonchev–Trinajstić information content (AvgIpc) is 2.54. The lowest BCUT2D eigenvalue weighted by molar-refractivity contribution is 0.0286. The predicted octanol–water partition coefficient (Wildman–Crippen LogP) is 1.72. The van der Waals surface area contributed by atoms with E-state index in [-0.39, 0.29) is 5.60 Å². The Labute approximate surface area is 97.9 Å². The van der Waals surface area contributed by atoms with Crippen molar-refractivity contribution in [2.75, 3.05) is 19.6 Å². The van der Waals surface area contributed by atoms with E-state index in [4.69, 9.17) is 4.43 Å². The van der Waals surface area contributed by atoms with Crippen molar-refractivity contribution in [1.29, 1.82) is 0 Å². The minimum Gasteiger partial charge on any atom is -0.421 e. The van der Waals surface area contributed by atoms with E-state index in [0.717, 1.165) is 29.9 Å². The van der Waals surface area contributed by atoms with Crippen LogP contribution in [0.2, 0.25) is 0 Å². The Morgan fingerprint density at radius 1 is 1.07 bits per heavy atom. The summed E-state index contributed by atoms with van der Waals surface area (Å²) in [6.07, 6.45) is 7.91. The number of likely N-dealkylation sites (tertiary alicyclic amines) is 1. The maximum Gasteiger partial charge on any atom is 0.146 e. The zero-order chi connectivity index (χ0) is 11.1. The minimum absolute atomic E-state index is 0.163. The van der Waals surface area contributed by atoms with Crippen LogP contribution >= 0.6 is 0 Å². The molecule has 1 heterocycles. The summed E-state index contributed by atoms with van der Waals surface area (Å²) in [4.78, 5) is 2.62. The van der Waals surface area contributed by atoms with Crippen molar-refractivity contribution in [3.05, 3.63) is 0 Å². The first-order valence-corrected chi connectivity index (χ1v) is 7.35. The van der Waals surface area contributed by atoms with Crippen LogP contribution in [0.4, 0.5) is 0 Å². The SMILES string of the molecule is CCC(CC)(CN1CCCCCC1)O[SiH3]. The van der Waals surface area contributed by atoms with Crippen molar-refractivity contribution in [2.24, 2.45) is 0 Å². The largest absolute Gasteiger partial charge is 0.421 e. The van der Waals surface area contributed by atoms with Gasteiger partial charge >= 0.3 is 0 Å².